The van der Waals surface area contributed by atoms with Gasteiger partial charge in [0.15, 0.2) is 5.17 Å². The smallest absolute Gasteiger partial charge is 0.336 e. The van der Waals surface area contributed by atoms with Crippen LogP contribution < -0.4 is 10.9 Å². The van der Waals surface area contributed by atoms with E-state index in [9.17, 15) is 4.79 Å². The largest absolute Gasteiger partial charge is 0.423 e. The van der Waals surface area contributed by atoms with Gasteiger partial charge in [-0.25, -0.2) is 9.79 Å². The molecule has 0 radical (unpaired) electrons. The summed E-state index contributed by atoms with van der Waals surface area (Å²) in [5.41, 5.74) is 3.26. The summed E-state index contributed by atoms with van der Waals surface area (Å²) in [5.74, 6) is 0.611. The van der Waals surface area contributed by atoms with Crippen molar-refractivity contribution in [2.75, 3.05) is 5.32 Å². The monoisotopic (exact) mass is 408 g/mol. The zero-order valence-electron chi connectivity index (χ0n) is 15.9. The quantitative estimate of drug-likeness (QED) is 0.269. The highest BCUT2D eigenvalue weighted by molar-refractivity contribution is 8.13. The standard InChI is InChI=1S/C25H16N2O2S/c28-22-13-17(23-18-8-2-1-5-15(18)11-12-21(23)29-22)14-30-25-26-19-9-3-6-16-7-4-10-20(27-25)24(16)19/h1-13H,14H2,(H,26,27). The van der Waals surface area contributed by atoms with Crippen LogP contribution in [0.15, 0.2) is 93.1 Å². The number of nitrogens with one attached hydrogen (secondary N) is 1. The van der Waals surface area contributed by atoms with Crippen LogP contribution in [0, 0.1) is 0 Å². The van der Waals surface area contributed by atoms with Gasteiger partial charge in [0.1, 0.15) is 5.58 Å². The highest BCUT2D eigenvalue weighted by Gasteiger charge is 2.16. The van der Waals surface area contributed by atoms with Gasteiger partial charge in [0, 0.05) is 22.6 Å². The first-order chi connectivity index (χ1) is 14.8. The summed E-state index contributed by atoms with van der Waals surface area (Å²) < 4.78 is 5.48. The third-order valence-corrected chi connectivity index (χ3v) is 6.35. The van der Waals surface area contributed by atoms with Crippen LogP contribution in [-0.4, -0.2) is 5.17 Å². The fourth-order valence-electron chi connectivity index (χ4n) is 4.12. The van der Waals surface area contributed by atoms with E-state index in [-0.39, 0.29) is 5.63 Å². The Labute approximate surface area is 176 Å². The number of thioether (sulfide) groups is 1. The summed E-state index contributed by atoms with van der Waals surface area (Å²) in [6, 6.07) is 26.0. The fourth-order valence-corrected chi connectivity index (χ4v) is 4.98. The van der Waals surface area contributed by atoms with Gasteiger partial charge in [0.25, 0.3) is 0 Å². The van der Waals surface area contributed by atoms with E-state index in [1.165, 1.54) is 5.39 Å². The van der Waals surface area contributed by atoms with E-state index in [0.29, 0.717) is 11.3 Å². The van der Waals surface area contributed by atoms with E-state index in [1.54, 1.807) is 17.8 Å². The number of aliphatic imine (C=N–C) groups is 1. The summed E-state index contributed by atoms with van der Waals surface area (Å²) >= 11 is 1.59. The molecule has 6 rings (SSSR count). The van der Waals surface area contributed by atoms with Gasteiger partial charge < -0.3 is 9.73 Å². The Morgan fingerprint density at radius 2 is 1.70 bits per heavy atom. The zero-order valence-corrected chi connectivity index (χ0v) is 16.7. The molecule has 30 heavy (non-hydrogen) atoms. The molecule has 5 heteroatoms. The number of hydrogen-bond donors (Lipinski definition) is 1. The average molecular weight is 408 g/mol. The topological polar surface area (TPSA) is 54.6 Å². The first kappa shape index (κ1) is 17.3. The maximum atomic E-state index is 12.2. The molecular weight excluding hydrogens is 392 g/mol. The molecule has 0 saturated carbocycles. The van der Waals surface area contributed by atoms with Crippen LogP contribution in [0.3, 0.4) is 0 Å². The van der Waals surface area contributed by atoms with Crippen LogP contribution in [0.1, 0.15) is 5.56 Å². The molecule has 1 aromatic heterocycles. The molecule has 4 aromatic carbocycles. The normalized spacial score (nSPS) is 12.9. The summed E-state index contributed by atoms with van der Waals surface area (Å²) in [6.07, 6.45) is 0. The molecule has 144 valence electrons. The van der Waals surface area contributed by atoms with E-state index in [0.717, 1.165) is 43.7 Å². The Morgan fingerprint density at radius 3 is 2.63 bits per heavy atom. The van der Waals surface area contributed by atoms with Crippen molar-refractivity contribution >= 4 is 60.8 Å². The van der Waals surface area contributed by atoms with Crippen LogP contribution in [0.5, 0.6) is 0 Å². The molecule has 1 aliphatic heterocycles. The Morgan fingerprint density at radius 1 is 0.867 bits per heavy atom. The third-order valence-electron chi connectivity index (χ3n) is 5.43. The second-order valence-electron chi connectivity index (χ2n) is 7.26. The van der Waals surface area contributed by atoms with Gasteiger partial charge in [-0.3, -0.25) is 0 Å². The molecule has 2 heterocycles. The van der Waals surface area contributed by atoms with E-state index >= 15 is 0 Å². The molecule has 5 aromatic rings. The molecule has 0 amide bonds. The van der Waals surface area contributed by atoms with Crippen molar-refractivity contribution in [1.82, 2.24) is 0 Å². The van der Waals surface area contributed by atoms with Gasteiger partial charge in [-0.2, -0.15) is 0 Å². The second-order valence-corrected chi connectivity index (χ2v) is 8.23. The molecule has 0 bridgehead atoms. The van der Waals surface area contributed by atoms with Crippen molar-refractivity contribution in [3.8, 4) is 0 Å². The highest BCUT2D eigenvalue weighted by Crippen LogP contribution is 2.38. The predicted molar refractivity (Wildman–Crippen MR) is 126 cm³/mol. The molecule has 0 atom stereocenters. The molecule has 0 unspecified atom stereocenters. The minimum atomic E-state index is -0.331. The van der Waals surface area contributed by atoms with Crippen LogP contribution in [0.25, 0.3) is 32.5 Å². The van der Waals surface area contributed by atoms with Crippen molar-refractivity contribution in [2.45, 2.75) is 5.75 Å². The van der Waals surface area contributed by atoms with Crippen molar-refractivity contribution in [3.63, 3.8) is 0 Å². The number of nitrogens with zero attached hydrogens (tertiary/aromatic N) is 1. The summed E-state index contributed by atoms with van der Waals surface area (Å²) in [6.45, 7) is 0. The number of hydrogen-bond acceptors (Lipinski definition) is 5. The maximum Gasteiger partial charge on any atom is 0.336 e. The van der Waals surface area contributed by atoms with E-state index in [1.807, 2.05) is 42.5 Å². The SMILES string of the molecule is O=c1cc(CSC2=Nc3cccc4cccc(c34)N2)c2c(ccc3ccccc32)o1. The molecule has 0 saturated heterocycles. The van der Waals surface area contributed by atoms with Crippen molar-refractivity contribution in [2.24, 2.45) is 4.99 Å². The maximum absolute atomic E-state index is 12.2. The van der Waals surface area contributed by atoms with Gasteiger partial charge >= 0.3 is 5.63 Å². The van der Waals surface area contributed by atoms with Crippen molar-refractivity contribution in [1.29, 1.82) is 0 Å². The zero-order chi connectivity index (χ0) is 20.1. The highest BCUT2D eigenvalue weighted by atomic mass is 32.2. The van der Waals surface area contributed by atoms with Crippen LogP contribution >= 0.6 is 11.8 Å². The number of rotatable bonds is 2. The number of anilines is 1. The second kappa shape index (κ2) is 6.75. The van der Waals surface area contributed by atoms with E-state index in [2.05, 4.69) is 35.6 Å². The number of amidine groups is 1. The lowest BCUT2D eigenvalue weighted by atomic mass is 10.0. The van der Waals surface area contributed by atoms with Gasteiger partial charge in [-0.15, -0.1) is 0 Å². The van der Waals surface area contributed by atoms with E-state index in [4.69, 9.17) is 9.41 Å². The Kier molecular flexibility index (Phi) is 3.89. The fraction of sp³-hybridized carbons (Fsp3) is 0.0400. The Bertz CT molecular complexity index is 1550. The van der Waals surface area contributed by atoms with Crippen molar-refractivity contribution in [3.05, 3.63) is 94.8 Å². The Hall–Kier alpha value is -3.57. The summed E-state index contributed by atoms with van der Waals surface area (Å²) in [5, 5.41) is 9.77. The first-order valence-electron chi connectivity index (χ1n) is 9.71. The molecule has 4 nitrogen and oxygen atoms in total. The minimum Gasteiger partial charge on any atom is -0.423 e. The van der Waals surface area contributed by atoms with Crippen LogP contribution in [0.4, 0.5) is 11.4 Å². The van der Waals surface area contributed by atoms with Crippen LogP contribution in [0.2, 0.25) is 0 Å². The molecule has 0 fully saturated rings. The predicted octanol–water partition coefficient (Wildman–Crippen LogP) is 6.45. The lowest BCUT2D eigenvalue weighted by Gasteiger charge is -2.18. The summed E-state index contributed by atoms with van der Waals surface area (Å²) in [7, 11) is 0. The molecule has 1 N–H and O–H groups in total. The molecule has 0 spiro atoms. The first-order valence-corrected chi connectivity index (χ1v) is 10.7. The van der Waals surface area contributed by atoms with Gasteiger partial charge in [-0.05, 0) is 39.9 Å². The number of benzene rings is 4. The van der Waals surface area contributed by atoms with E-state index < -0.39 is 0 Å². The third kappa shape index (κ3) is 2.78. The Balaban J connectivity index is 1.42. The molecule has 0 aliphatic carbocycles. The van der Waals surface area contributed by atoms with Gasteiger partial charge in [-0.1, -0.05) is 66.4 Å². The lowest BCUT2D eigenvalue weighted by molar-refractivity contribution is 0.560. The minimum absolute atomic E-state index is 0.331. The van der Waals surface area contributed by atoms with Gasteiger partial charge in [0.2, 0.25) is 0 Å². The molecular formula is C25H16N2O2S. The average Bonchev–Trinajstić information content (AvgIpc) is 2.77. The van der Waals surface area contributed by atoms with Gasteiger partial charge in [0.05, 0.1) is 11.4 Å². The van der Waals surface area contributed by atoms with Crippen molar-refractivity contribution < 1.29 is 4.42 Å². The lowest BCUT2D eigenvalue weighted by Crippen LogP contribution is -2.11. The number of fused-ring (bicyclic) bond motifs is 3. The van der Waals surface area contributed by atoms with Crippen LogP contribution in [-0.2, 0) is 5.75 Å². The molecule has 1 aliphatic rings. The summed E-state index contributed by atoms with van der Waals surface area (Å²) in [4.78, 5) is 17.0.